The van der Waals surface area contributed by atoms with Crippen LogP contribution in [-0.4, -0.2) is 72.4 Å². The maximum atomic E-state index is 4.94. The monoisotopic (exact) mass is 317 g/mol. The van der Waals surface area contributed by atoms with Crippen molar-refractivity contribution in [2.45, 2.75) is 26.2 Å². The van der Waals surface area contributed by atoms with Crippen molar-refractivity contribution < 1.29 is 0 Å². The molecule has 0 spiro atoms. The molecule has 0 unspecified atom stereocenters. The van der Waals surface area contributed by atoms with Crippen molar-refractivity contribution in [1.82, 2.24) is 24.6 Å². The molecule has 0 aliphatic carbocycles. The lowest BCUT2D eigenvalue weighted by Gasteiger charge is -2.32. The predicted octanol–water partition coefficient (Wildman–Crippen LogP) is 1.22. The summed E-state index contributed by atoms with van der Waals surface area (Å²) in [5, 5.41) is 7.47. The van der Waals surface area contributed by atoms with Crippen LogP contribution in [0.3, 0.4) is 0 Å². The first-order valence-corrected chi connectivity index (χ1v) is 11.7. The maximum absolute atomic E-state index is 4.94. The molecule has 6 heteroatoms. The van der Waals surface area contributed by atoms with Crippen LogP contribution in [0.25, 0.3) is 11.0 Å². The predicted molar refractivity (Wildman–Crippen MR) is 94.4 cm³/mol. The van der Waals surface area contributed by atoms with Crippen molar-refractivity contribution in [1.29, 1.82) is 0 Å². The number of nitrogens with zero attached hydrogens (tertiary/aromatic N) is 5. The average molecular weight is 318 g/mol. The van der Waals surface area contributed by atoms with Crippen LogP contribution in [0.4, 0.5) is 0 Å². The van der Waals surface area contributed by atoms with Gasteiger partial charge in [0.15, 0.2) is 5.65 Å². The molecule has 0 radical (unpaired) electrons. The molecule has 1 aliphatic rings. The molecule has 0 aromatic carbocycles. The van der Waals surface area contributed by atoms with Gasteiger partial charge in [0.1, 0.15) is 8.07 Å². The Morgan fingerprint density at radius 3 is 2.50 bits per heavy atom. The lowest BCUT2D eigenvalue weighted by atomic mass is 10.3. The first-order chi connectivity index (χ1) is 10.4. The molecule has 1 aliphatic heterocycles. The van der Waals surface area contributed by atoms with Gasteiger partial charge in [-0.3, -0.25) is 4.90 Å². The maximum Gasteiger partial charge on any atom is 0.157 e. The van der Waals surface area contributed by atoms with Crippen molar-refractivity contribution in [2.75, 3.05) is 39.8 Å². The Hall–Kier alpha value is -1.24. The number of likely N-dealkylation sites (N-methyl/N-ethyl adjacent to an activating group) is 1. The standard InChI is InChI=1S/C16H27N5Si/c1-19-8-10-20(11-9-19)12-13-21-15-14(6-5-7-17-15)16(18-21)22(2,3)4/h5-7H,8-13H2,1-4H3. The van der Waals surface area contributed by atoms with Gasteiger partial charge in [0, 0.05) is 44.3 Å². The summed E-state index contributed by atoms with van der Waals surface area (Å²) in [4.78, 5) is 9.51. The van der Waals surface area contributed by atoms with E-state index in [-0.39, 0.29) is 0 Å². The van der Waals surface area contributed by atoms with Crippen LogP contribution in [0.1, 0.15) is 0 Å². The minimum atomic E-state index is -1.45. The Kier molecular flexibility index (Phi) is 4.34. The van der Waals surface area contributed by atoms with Gasteiger partial charge in [0.2, 0.25) is 0 Å². The Morgan fingerprint density at radius 1 is 1.09 bits per heavy atom. The molecule has 120 valence electrons. The number of fused-ring (bicyclic) bond motifs is 1. The zero-order chi connectivity index (χ0) is 15.7. The Labute approximate surface area is 133 Å². The number of rotatable bonds is 4. The topological polar surface area (TPSA) is 37.2 Å². The summed E-state index contributed by atoms with van der Waals surface area (Å²) < 4.78 is 2.13. The molecule has 1 saturated heterocycles. The second kappa shape index (κ2) is 6.10. The van der Waals surface area contributed by atoms with Gasteiger partial charge >= 0.3 is 0 Å². The van der Waals surface area contributed by atoms with Crippen molar-refractivity contribution in [2.24, 2.45) is 0 Å². The molecule has 0 amide bonds. The van der Waals surface area contributed by atoms with E-state index in [4.69, 9.17) is 5.10 Å². The summed E-state index contributed by atoms with van der Waals surface area (Å²) in [6, 6.07) is 4.20. The van der Waals surface area contributed by atoms with Crippen LogP contribution in [0.15, 0.2) is 18.3 Å². The first kappa shape index (κ1) is 15.6. The Balaban J connectivity index is 1.79. The van der Waals surface area contributed by atoms with E-state index < -0.39 is 8.07 Å². The molecule has 0 bridgehead atoms. The molecule has 0 N–H and O–H groups in total. The minimum Gasteiger partial charge on any atom is -0.304 e. The number of hydrogen-bond donors (Lipinski definition) is 0. The van der Waals surface area contributed by atoms with Gasteiger partial charge < -0.3 is 4.90 Å². The number of pyridine rings is 1. The van der Waals surface area contributed by atoms with Gasteiger partial charge in [0.25, 0.3) is 0 Å². The van der Waals surface area contributed by atoms with Gasteiger partial charge in [-0.2, -0.15) is 5.10 Å². The highest BCUT2D eigenvalue weighted by atomic mass is 28.3. The van der Waals surface area contributed by atoms with E-state index in [1.54, 1.807) is 0 Å². The van der Waals surface area contributed by atoms with Crippen LogP contribution >= 0.6 is 0 Å². The fraction of sp³-hybridized carbons (Fsp3) is 0.625. The van der Waals surface area contributed by atoms with Crippen LogP contribution < -0.4 is 5.32 Å². The summed E-state index contributed by atoms with van der Waals surface area (Å²) in [5.41, 5.74) is 1.05. The fourth-order valence-electron chi connectivity index (χ4n) is 3.03. The van der Waals surface area contributed by atoms with E-state index in [1.165, 1.54) is 10.7 Å². The van der Waals surface area contributed by atoms with Gasteiger partial charge in [-0.05, 0) is 19.2 Å². The highest BCUT2D eigenvalue weighted by molar-refractivity contribution is 6.89. The quantitative estimate of drug-likeness (QED) is 0.795. The molecule has 3 heterocycles. The Bertz CT molecular complexity index is 638. The van der Waals surface area contributed by atoms with E-state index in [0.29, 0.717) is 0 Å². The Morgan fingerprint density at radius 2 is 1.82 bits per heavy atom. The summed E-state index contributed by atoms with van der Waals surface area (Å²) in [6.07, 6.45) is 1.88. The van der Waals surface area contributed by atoms with Crippen molar-refractivity contribution >= 4 is 24.4 Å². The largest absolute Gasteiger partial charge is 0.304 e. The SMILES string of the molecule is CN1CCN(CCn2nc([Si](C)(C)C)c3cccnc32)CC1. The fourth-order valence-corrected chi connectivity index (χ4v) is 4.45. The summed E-state index contributed by atoms with van der Waals surface area (Å²) >= 11 is 0. The van der Waals surface area contributed by atoms with E-state index >= 15 is 0 Å². The zero-order valence-electron chi connectivity index (χ0n) is 14.2. The summed E-state index contributed by atoms with van der Waals surface area (Å²) in [5.74, 6) is 0. The molecular weight excluding hydrogens is 290 g/mol. The van der Waals surface area contributed by atoms with Gasteiger partial charge in [-0.25, -0.2) is 9.67 Å². The molecule has 0 saturated carbocycles. The molecular formula is C16H27N5Si. The van der Waals surface area contributed by atoms with Crippen LogP contribution in [0, 0.1) is 0 Å². The van der Waals surface area contributed by atoms with Gasteiger partial charge in [0.05, 0.1) is 11.9 Å². The van der Waals surface area contributed by atoms with Crippen LogP contribution in [0.5, 0.6) is 0 Å². The van der Waals surface area contributed by atoms with E-state index in [1.807, 2.05) is 12.3 Å². The summed E-state index contributed by atoms with van der Waals surface area (Å²) in [6.45, 7) is 13.7. The molecule has 5 nitrogen and oxygen atoms in total. The van der Waals surface area contributed by atoms with Crippen molar-refractivity contribution in [3.05, 3.63) is 18.3 Å². The third kappa shape index (κ3) is 3.24. The van der Waals surface area contributed by atoms with E-state index in [9.17, 15) is 0 Å². The van der Waals surface area contributed by atoms with E-state index in [0.717, 1.165) is 44.9 Å². The lowest BCUT2D eigenvalue weighted by molar-refractivity contribution is 0.149. The van der Waals surface area contributed by atoms with Crippen LogP contribution in [0.2, 0.25) is 19.6 Å². The number of piperazine rings is 1. The van der Waals surface area contributed by atoms with E-state index in [2.05, 4.69) is 52.2 Å². The van der Waals surface area contributed by atoms with Gasteiger partial charge in [-0.15, -0.1) is 0 Å². The zero-order valence-corrected chi connectivity index (χ0v) is 15.2. The smallest absolute Gasteiger partial charge is 0.157 e. The minimum absolute atomic E-state index is 0.932. The van der Waals surface area contributed by atoms with Crippen molar-refractivity contribution in [3.63, 3.8) is 0 Å². The highest BCUT2D eigenvalue weighted by Gasteiger charge is 2.25. The molecule has 2 aromatic heterocycles. The molecule has 1 fully saturated rings. The van der Waals surface area contributed by atoms with Gasteiger partial charge in [-0.1, -0.05) is 19.6 Å². The number of hydrogen-bond acceptors (Lipinski definition) is 4. The third-order valence-electron chi connectivity index (χ3n) is 4.44. The normalized spacial score (nSPS) is 18.2. The molecule has 2 aromatic rings. The number of aromatic nitrogens is 3. The lowest BCUT2D eigenvalue weighted by Crippen LogP contribution is -2.45. The highest BCUT2D eigenvalue weighted by Crippen LogP contribution is 2.13. The second-order valence-corrected chi connectivity index (χ2v) is 12.3. The first-order valence-electron chi connectivity index (χ1n) is 8.18. The second-order valence-electron chi connectivity index (χ2n) is 7.34. The molecule has 3 rings (SSSR count). The molecule has 0 atom stereocenters. The van der Waals surface area contributed by atoms with Crippen molar-refractivity contribution in [3.8, 4) is 0 Å². The van der Waals surface area contributed by atoms with Crippen LogP contribution in [-0.2, 0) is 6.54 Å². The summed E-state index contributed by atoms with van der Waals surface area (Å²) in [7, 11) is 0.750. The third-order valence-corrected chi connectivity index (χ3v) is 6.23. The molecule has 22 heavy (non-hydrogen) atoms. The average Bonchev–Trinajstić information content (AvgIpc) is 2.86.